The third-order valence-electron chi connectivity index (χ3n) is 3.97. The number of carbonyl (C=O) groups excluding carboxylic acids is 2. The third kappa shape index (κ3) is 6.93. The van der Waals surface area contributed by atoms with E-state index >= 15 is 0 Å². The molecule has 0 aliphatic heterocycles. The van der Waals surface area contributed by atoms with E-state index in [4.69, 9.17) is 4.74 Å². The van der Waals surface area contributed by atoms with Crippen molar-refractivity contribution in [2.45, 2.75) is 50.2 Å². The lowest BCUT2D eigenvalue weighted by molar-refractivity contribution is -0.116. The van der Waals surface area contributed by atoms with Crippen LogP contribution >= 0.6 is 11.8 Å². The number of benzene rings is 2. The van der Waals surface area contributed by atoms with Crippen molar-refractivity contribution in [3.05, 3.63) is 48.5 Å². The smallest absolute Gasteiger partial charge is 0.237 e. The lowest BCUT2D eigenvalue weighted by Crippen LogP contribution is -2.24. The summed E-state index contributed by atoms with van der Waals surface area (Å²) in [6.45, 7) is 6.50. The fourth-order valence-electron chi connectivity index (χ4n) is 2.61. The van der Waals surface area contributed by atoms with E-state index in [1.807, 2.05) is 69.3 Å². The first-order valence-corrected chi connectivity index (χ1v) is 10.5. The van der Waals surface area contributed by atoms with E-state index in [-0.39, 0.29) is 17.1 Å². The van der Waals surface area contributed by atoms with Crippen LogP contribution in [-0.2, 0) is 9.59 Å². The SMILES string of the molecule is CCCC(=O)Nc1cccc(SC(CC)C(=O)Nc2ccc(OCC)cc2)c1. The summed E-state index contributed by atoms with van der Waals surface area (Å²) in [7, 11) is 0. The molecule has 0 heterocycles. The number of nitrogens with one attached hydrogen (secondary N) is 2. The molecule has 1 atom stereocenters. The van der Waals surface area contributed by atoms with Gasteiger partial charge in [0.2, 0.25) is 11.8 Å². The molecule has 2 aromatic rings. The minimum Gasteiger partial charge on any atom is -0.494 e. The minimum absolute atomic E-state index is 0.00457. The number of ether oxygens (including phenoxy) is 1. The zero-order chi connectivity index (χ0) is 20.4. The lowest BCUT2D eigenvalue weighted by Gasteiger charge is -2.16. The molecule has 1 unspecified atom stereocenters. The number of carbonyl (C=O) groups is 2. The van der Waals surface area contributed by atoms with Gasteiger partial charge in [0.05, 0.1) is 11.9 Å². The first-order valence-electron chi connectivity index (χ1n) is 9.66. The average Bonchev–Trinajstić information content (AvgIpc) is 2.68. The maximum absolute atomic E-state index is 12.7. The van der Waals surface area contributed by atoms with Crippen LogP contribution in [0.25, 0.3) is 0 Å². The predicted molar refractivity (Wildman–Crippen MR) is 116 cm³/mol. The first-order chi connectivity index (χ1) is 13.5. The average molecular weight is 401 g/mol. The van der Waals surface area contributed by atoms with E-state index in [0.717, 1.165) is 28.4 Å². The van der Waals surface area contributed by atoms with E-state index in [1.165, 1.54) is 11.8 Å². The van der Waals surface area contributed by atoms with Crippen molar-refractivity contribution in [1.29, 1.82) is 0 Å². The molecule has 0 saturated heterocycles. The quantitative estimate of drug-likeness (QED) is 0.529. The molecule has 0 saturated carbocycles. The van der Waals surface area contributed by atoms with Gasteiger partial charge in [-0.15, -0.1) is 11.8 Å². The molecule has 150 valence electrons. The number of hydrogen-bond acceptors (Lipinski definition) is 4. The number of amides is 2. The van der Waals surface area contributed by atoms with E-state index in [0.29, 0.717) is 19.4 Å². The summed E-state index contributed by atoms with van der Waals surface area (Å²) in [6.07, 6.45) is 2.00. The van der Waals surface area contributed by atoms with Crippen molar-refractivity contribution >= 4 is 35.0 Å². The Balaban J connectivity index is 1.98. The van der Waals surface area contributed by atoms with Crippen molar-refractivity contribution < 1.29 is 14.3 Å². The van der Waals surface area contributed by atoms with Gasteiger partial charge < -0.3 is 15.4 Å². The summed E-state index contributed by atoms with van der Waals surface area (Å²) in [5.41, 5.74) is 1.50. The molecule has 0 spiro atoms. The van der Waals surface area contributed by atoms with Crippen molar-refractivity contribution in [1.82, 2.24) is 0 Å². The molecule has 2 amide bonds. The first kappa shape index (κ1) is 21.8. The fourth-order valence-corrected chi connectivity index (χ4v) is 3.62. The van der Waals surface area contributed by atoms with E-state index in [9.17, 15) is 9.59 Å². The van der Waals surface area contributed by atoms with Gasteiger partial charge in [-0.3, -0.25) is 9.59 Å². The monoisotopic (exact) mass is 400 g/mol. The number of thioether (sulfide) groups is 1. The van der Waals surface area contributed by atoms with E-state index < -0.39 is 0 Å². The van der Waals surface area contributed by atoms with E-state index in [2.05, 4.69) is 10.6 Å². The normalized spacial score (nSPS) is 11.5. The molecule has 0 aliphatic rings. The van der Waals surface area contributed by atoms with E-state index in [1.54, 1.807) is 0 Å². The molecule has 28 heavy (non-hydrogen) atoms. The highest BCUT2D eigenvalue weighted by molar-refractivity contribution is 8.00. The van der Waals surface area contributed by atoms with Gasteiger partial charge in [0, 0.05) is 22.7 Å². The van der Waals surface area contributed by atoms with Crippen molar-refractivity contribution in [3.63, 3.8) is 0 Å². The maximum atomic E-state index is 12.7. The van der Waals surface area contributed by atoms with Crippen LogP contribution in [0.3, 0.4) is 0 Å². The lowest BCUT2D eigenvalue weighted by atomic mass is 10.2. The highest BCUT2D eigenvalue weighted by atomic mass is 32.2. The van der Waals surface area contributed by atoms with Gasteiger partial charge in [-0.2, -0.15) is 0 Å². The van der Waals surface area contributed by atoms with Crippen LogP contribution in [0.15, 0.2) is 53.4 Å². The second-order valence-electron chi connectivity index (χ2n) is 6.29. The van der Waals surface area contributed by atoms with Crippen LogP contribution < -0.4 is 15.4 Å². The Kier molecular flexibility index (Phi) is 8.88. The Hall–Kier alpha value is -2.47. The number of rotatable bonds is 10. The molecule has 0 aromatic heterocycles. The minimum atomic E-state index is -0.229. The van der Waals surface area contributed by atoms with Gasteiger partial charge >= 0.3 is 0 Å². The molecule has 2 rings (SSSR count). The van der Waals surface area contributed by atoms with Crippen LogP contribution in [0.5, 0.6) is 5.75 Å². The zero-order valence-electron chi connectivity index (χ0n) is 16.7. The molecule has 5 nitrogen and oxygen atoms in total. The summed E-state index contributed by atoms with van der Waals surface area (Å²) in [5.74, 6) is 0.742. The van der Waals surface area contributed by atoms with Gasteiger partial charge in [-0.1, -0.05) is 19.9 Å². The second kappa shape index (κ2) is 11.4. The zero-order valence-corrected chi connectivity index (χ0v) is 17.5. The van der Waals surface area contributed by atoms with Gasteiger partial charge in [0.1, 0.15) is 5.75 Å². The molecular weight excluding hydrogens is 372 g/mol. The molecule has 2 aromatic carbocycles. The topological polar surface area (TPSA) is 67.4 Å². The van der Waals surface area contributed by atoms with Crippen LogP contribution in [0.4, 0.5) is 11.4 Å². The van der Waals surface area contributed by atoms with Crippen LogP contribution in [0, 0.1) is 0 Å². The molecule has 0 fully saturated rings. The Morgan fingerprint density at radius 3 is 2.39 bits per heavy atom. The third-order valence-corrected chi connectivity index (χ3v) is 5.33. The van der Waals surface area contributed by atoms with Crippen LogP contribution in [0.2, 0.25) is 0 Å². The summed E-state index contributed by atoms with van der Waals surface area (Å²) < 4.78 is 5.42. The molecule has 2 N–H and O–H groups in total. The molecule has 0 aliphatic carbocycles. The maximum Gasteiger partial charge on any atom is 0.237 e. The standard InChI is InChI=1S/C22H28N2O3S/c1-4-8-21(25)23-17-9-7-10-19(15-17)28-20(5-2)22(26)24-16-11-13-18(14-12-16)27-6-3/h7,9-15,20H,4-6,8H2,1-3H3,(H,23,25)(H,24,26). The van der Waals surface area contributed by atoms with Gasteiger partial charge in [-0.05, 0) is 62.2 Å². The molecule has 6 heteroatoms. The molecule has 0 radical (unpaired) electrons. The van der Waals surface area contributed by atoms with Crippen LogP contribution in [-0.4, -0.2) is 23.7 Å². The Morgan fingerprint density at radius 1 is 1.00 bits per heavy atom. The summed E-state index contributed by atoms with van der Waals surface area (Å²) in [6, 6.07) is 15.0. The number of anilines is 2. The number of hydrogen-bond donors (Lipinski definition) is 2. The second-order valence-corrected chi connectivity index (χ2v) is 7.56. The molecular formula is C22H28N2O3S. The van der Waals surface area contributed by atoms with Crippen molar-refractivity contribution in [2.75, 3.05) is 17.2 Å². The highest BCUT2D eigenvalue weighted by Crippen LogP contribution is 2.29. The van der Waals surface area contributed by atoms with Crippen molar-refractivity contribution in [3.8, 4) is 5.75 Å². The predicted octanol–water partition coefficient (Wildman–Crippen LogP) is 5.33. The highest BCUT2D eigenvalue weighted by Gasteiger charge is 2.18. The van der Waals surface area contributed by atoms with Gasteiger partial charge in [0.25, 0.3) is 0 Å². The summed E-state index contributed by atoms with van der Waals surface area (Å²) >= 11 is 1.49. The largest absolute Gasteiger partial charge is 0.494 e. The Morgan fingerprint density at radius 2 is 1.75 bits per heavy atom. The van der Waals surface area contributed by atoms with Crippen LogP contribution in [0.1, 0.15) is 40.0 Å². The molecule has 0 bridgehead atoms. The van der Waals surface area contributed by atoms with Crippen molar-refractivity contribution in [2.24, 2.45) is 0 Å². The Labute approximate surface area is 171 Å². The summed E-state index contributed by atoms with van der Waals surface area (Å²) in [5, 5.41) is 5.63. The fraction of sp³-hybridized carbons (Fsp3) is 0.364. The Bertz CT molecular complexity index is 778. The van der Waals surface area contributed by atoms with Gasteiger partial charge in [-0.25, -0.2) is 0 Å². The van der Waals surface area contributed by atoms with Gasteiger partial charge in [0.15, 0.2) is 0 Å². The summed E-state index contributed by atoms with van der Waals surface area (Å²) in [4.78, 5) is 25.4.